The van der Waals surface area contributed by atoms with Crippen molar-refractivity contribution in [3.8, 4) is 0 Å². The van der Waals surface area contributed by atoms with Crippen molar-refractivity contribution in [2.75, 3.05) is 18.9 Å². The Morgan fingerprint density at radius 3 is 2.33 bits per heavy atom. The number of phosphoric acid groups is 3. The van der Waals surface area contributed by atoms with E-state index in [0.29, 0.717) is 0 Å². The molecule has 2 aliphatic heterocycles. The van der Waals surface area contributed by atoms with Crippen molar-refractivity contribution in [2.24, 2.45) is 5.73 Å². The molecule has 5 rings (SSSR count). The van der Waals surface area contributed by atoms with Crippen LogP contribution >= 0.6 is 23.5 Å². The van der Waals surface area contributed by atoms with Gasteiger partial charge in [-0.25, -0.2) is 33.2 Å². The smallest absolute Gasteiger partial charge is 0.467 e. The molecule has 260 valence electrons. The number of nitrogens with zero attached hydrogens (tertiary/aromatic N) is 5. The number of carbonyl (C=O) groups excluding carboxylic acids is 2. The minimum absolute atomic E-state index is 0.00177. The van der Waals surface area contributed by atoms with Crippen LogP contribution in [0, 0.1) is 0 Å². The zero-order valence-corrected chi connectivity index (χ0v) is 26.4. The molecular weight excluding hydrogens is 715 g/mol. The number of rotatable bonds is 13. The lowest BCUT2D eigenvalue weighted by molar-refractivity contribution is -0.745. The average molecular weight is 740 g/mol. The first-order chi connectivity index (χ1) is 22.4. The highest BCUT2D eigenvalue weighted by molar-refractivity contribution is 7.61. The van der Waals surface area contributed by atoms with Gasteiger partial charge in [-0.05, 0) is 6.07 Å². The summed E-state index contributed by atoms with van der Waals surface area (Å²) in [5.41, 5.74) is 10.9. The van der Waals surface area contributed by atoms with Crippen molar-refractivity contribution in [3.63, 3.8) is 0 Å². The summed E-state index contributed by atoms with van der Waals surface area (Å²) in [6, 6.07) is 2.71. The third kappa shape index (κ3) is 7.77. The van der Waals surface area contributed by atoms with E-state index in [4.69, 9.17) is 20.9 Å². The molecule has 3 aromatic rings. The number of nitrogen functional groups attached to an aromatic ring is 1. The number of aliphatic hydroxyl groups is 2. The van der Waals surface area contributed by atoms with E-state index in [1.165, 1.54) is 18.3 Å². The number of pyridine rings is 1. The van der Waals surface area contributed by atoms with Crippen molar-refractivity contribution < 1.29 is 85.0 Å². The number of carbonyl (C=O) groups is 2. The minimum Gasteiger partial charge on any atom is -0.467 e. The number of primary amides is 1. The molecule has 2 aliphatic rings. The normalized spacial score (nSPS) is 25.5. The van der Waals surface area contributed by atoms with Gasteiger partial charge >= 0.3 is 29.7 Å². The summed E-state index contributed by atoms with van der Waals surface area (Å²) in [5, 5.41) is 20.9. The van der Waals surface area contributed by atoms with Crippen LogP contribution in [-0.2, 0) is 45.8 Å². The standard InChI is InChI=1S/C21H24N7O17P3/c22-17-12-19(25-7-24-17)28(8-26-12)21-16(44-46(33,34)35)14(30)11(43-21)6-41-48(38,39)45-47(36,37)40-5-10-13(29)15(31)20(42-10)27-3-1-2-9(4-27)18(23)32/h1-4,7-8,10-11,13-14,20,29-30H,5-6H2,(H7-,22,23,24,25,32,33,34,35,36,37,38,39)/p+1/t10-,11-,13-,14+,20-/m0/s1. The number of ether oxygens (including phenoxy) is 2. The van der Waals surface area contributed by atoms with Gasteiger partial charge < -0.3 is 45.5 Å². The molecule has 27 heteroatoms. The molecular formula is C21H25N7O17P3+. The number of amides is 1. The van der Waals surface area contributed by atoms with E-state index in [-0.39, 0.29) is 22.5 Å². The number of hydrogen-bond acceptors (Lipinski definition) is 17. The monoisotopic (exact) mass is 740 g/mol. The molecule has 24 nitrogen and oxygen atoms in total. The molecule has 1 saturated heterocycles. The van der Waals surface area contributed by atoms with E-state index in [1.807, 2.05) is 0 Å². The lowest BCUT2D eigenvalue weighted by atomic mass is 10.1. The Morgan fingerprint density at radius 2 is 1.69 bits per heavy atom. The Balaban J connectivity index is 1.22. The van der Waals surface area contributed by atoms with Crippen LogP contribution in [-0.4, -0.2) is 98.6 Å². The molecule has 1 fully saturated rings. The van der Waals surface area contributed by atoms with Gasteiger partial charge in [0.1, 0.15) is 24.3 Å². The van der Waals surface area contributed by atoms with Gasteiger partial charge in [0.15, 0.2) is 47.7 Å². The van der Waals surface area contributed by atoms with Gasteiger partial charge in [-0.1, -0.05) is 0 Å². The van der Waals surface area contributed by atoms with E-state index >= 15 is 0 Å². The lowest BCUT2D eigenvalue weighted by Gasteiger charge is -2.20. The molecule has 0 aliphatic carbocycles. The number of ketones is 1. The Hall–Kier alpha value is -3.73. The number of anilines is 1. The van der Waals surface area contributed by atoms with Crippen LogP contribution < -0.4 is 16.0 Å². The fourth-order valence-corrected chi connectivity index (χ4v) is 6.90. The zero-order chi connectivity index (χ0) is 35.2. The third-order valence-corrected chi connectivity index (χ3v) is 9.51. The number of nitrogens with two attached hydrogens (primary N) is 2. The summed E-state index contributed by atoms with van der Waals surface area (Å²) >= 11 is 0. The molecule has 10 N–H and O–H groups in total. The maximum Gasteiger partial charge on any atom is 0.524 e. The highest BCUT2D eigenvalue weighted by Gasteiger charge is 2.50. The molecule has 5 heterocycles. The summed E-state index contributed by atoms with van der Waals surface area (Å²) in [6.45, 7) is -2.15. The Kier molecular flexibility index (Phi) is 9.85. The van der Waals surface area contributed by atoms with Gasteiger partial charge in [-0.3, -0.25) is 28.4 Å². The Bertz CT molecular complexity index is 1930. The van der Waals surface area contributed by atoms with Gasteiger partial charge in [0, 0.05) is 6.07 Å². The van der Waals surface area contributed by atoms with E-state index in [1.54, 1.807) is 0 Å². The second kappa shape index (κ2) is 13.3. The number of aliphatic hydroxyl groups excluding tert-OH is 2. The maximum absolute atomic E-state index is 12.5. The van der Waals surface area contributed by atoms with Crippen LogP contribution in [0.1, 0.15) is 16.6 Å². The summed E-state index contributed by atoms with van der Waals surface area (Å²) in [4.78, 5) is 74.4. The highest BCUT2D eigenvalue weighted by atomic mass is 31.3. The second-order valence-corrected chi connectivity index (χ2v) is 14.0. The summed E-state index contributed by atoms with van der Waals surface area (Å²) in [7, 11) is -16.4. The van der Waals surface area contributed by atoms with E-state index < -0.39 is 90.7 Å². The fraction of sp³-hybridized carbons (Fsp3) is 0.333. The molecule has 0 aromatic carbocycles. The number of imidazole rings is 1. The lowest BCUT2D eigenvalue weighted by Crippen LogP contribution is -2.44. The van der Waals surface area contributed by atoms with Gasteiger partial charge in [0.05, 0.1) is 13.2 Å². The predicted molar refractivity (Wildman–Crippen MR) is 150 cm³/mol. The number of aromatic nitrogens is 5. The average Bonchev–Trinajstić information content (AvgIpc) is 3.64. The van der Waals surface area contributed by atoms with Gasteiger partial charge in [-0.2, -0.15) is 8.88 Å². The number of fused-ring (bicyclic) bond motifs is 1. The van der Waals surface area contributed by atoms with Gasteiger partial charge in [0.2, 0.25) is 11.6 Å². The first-order valence-electron chi connectivity index (χ1n) is 13.0. The topological polar surface area (TPSA) is 362 Å². The molecule has 2 unspecified atom stereocenters. The summed E-state index contributed by atoms with van der Waals surface area (Å²) < 4.78 is 67.6. The van der Waals surface area contributed by atoms with Crippen LogP contribution in [0.4, 0.5) is 5.82 Å². The second-order valence-electron chi connectivity index (χ2n) is 9.79. The van der Waals surface area contributed by atoms with E-state index in [2.05, 4.69) is 32.8 Å². The molecule has 0 bridgehead atoms. The predicted octanol–water partition coefficient (Wildman–Crippen LogP) is -2.43. The third-order valence-electron chi connectivity index (χ3n) is 6.47. The molecule has 0 spiro atoms. The fourth-order valence-electron chi connectivity index (χ4n) is 4.37. The summed E-state index contributed by atoms with van der Waals surface area (Å²) in [6.07, 6.45) is -4.29. The summed E-state index contributed by atoms with van der Waals surface area (Å²) in [5.74, 6) is -3.30. The van der Waals surface area contributed by atoms with Crippen molar-refractivity contribution in [1.82, 2.24) is 19.5 Å². The van der Waals surface area contributed by atoms with Crippen LogP contribution in [0.5, 0.6) is 0 Å². The first-order valence-corrected chi connectivity index (χ1v) is 17.5. The van der Waals surface area contributed by atoms with E-state index in [0.717, 1.165) is 28.0 Å². The molecule has 1 amide bonds. The first kappa shape index (κ1) is 35.6. The Labute approximate surface area is 266 Å². The van der Waals surface area contributed by atoms with Crippen LogP contribution in [0.15, 0.2) is 42.9 Å². The van der Waals surface area contributed by atoms with Crippen molar-refractivity contribution >= 4 is 58.0 Å². The number of Topliss-reactive ketones (excluding diaryl/α,β-unsaturated/α-hetero) is 1. The molecule has 7 atom stereocenters. The largest absolute Gasteiger partial charge is 0.524 e. The van der Waals surface area contributed by atoms with E-state index in [9.17, 15) is 53.1 Å². The van der Waals surface area contributed by atoms with Crippen molar-refractivity contribution in [3.05, 3.63) is 48.5 Å². The number of phosphoric ester groups is 3. The number of hydrogen-bond donors (Lipinski definition) is 8. The molecule has 48 heavy (non-hydrogen) atoms. The van der Waals surface area contributed by atoms with Gasteiger partial charge in [0.25, 0.3) is 11.7 Å². The minimum atomic E-state index is -5.56. The SMILES string of the molecule is NC(=O)c1ccc[n+]([C@H]2O[C@@H](COP(=O)(O)OP(=O)(O)OC[C@@H]3OC(n4cnc5c(N)ncnc54)=C(OP(=O)(O)O)[C@@H]3O)[C@H](O)C2=O)c1. The molecule has 3 aromatic heterocycles. The van der Waals surface area contributed by atoms with Crippen LogP contribution in [0.3, 0.4) is 0 Å². The maximum atomic E-state index is 12.5. The van der Waals surface area contributed by atoms with Crippen molar-refractivity contribution in [1.29, 1.82) is 0 Å². The Morgan fingerprint density at radius 1 is 1.02 bits per heavy atom. The quantitative estimate of drug-likeness (QED) is 0.0667. The van der Waals surface area contributed by atoms with Crippen molar-refractivity contribution in [2.45, 2.75) is 30.6 Å². The zero-order valence-electron chi connectivity index (χ0n) is 23.7. The van der Waals surface area contributed by atoms with Gasteiger partial charge in [-0.15, -0.1) is 0 Å². The van der Waals surface area contributed by atoms with Crippen LogP contribution in [0.25, 0.3) is 17.0 Å². The molecule has 0 radical (unpaired) electrons. The highest BCUT2D eigenvalue weighted by Crippen LogP contribution is 2.61. The van der Waals surface area contributed by atoms with Crippen LogP contribution in [0.2, 0.25) is 0 Å². The molecule has 0 saturated carbocycles.